The van der Waals surface area contributed by atoms with E-state index in [0.29, 0.717) is 18.8 Å². The van der Waals surface area contributed by atoms with Crippen LogP contribution < -0.4 is 11.1 Å². The normalized spacial score (nSPS) is 12.5. The van der Waals surface area contributed by atoms with Gasteiger partial charge in [-0.05, 0) is 32.2 Å². The van der Waals surface area contributed by atoms with Crippen molar-refractivity contribution in [1.82, 2.24) is 4.90 Å². The molecule has 0 saturated carbocycles. The third-order valence-corrected chi connectivity index (χ3v) is 2.58. The highest BCUT2D eigenvalue weighted by Gasteiger charge is 2.08. The summed E-state index contributed by atoms with van der Waals surface area (Å²) in [6, 6.07) is 3.84. The van der Waals surface area contributed by atoms with Crippen LogP contribution in [-0.2, 0) is 4.79 Å². The van der Waals surface area contributed by atoms with Crippen LogP contribution in [0.4, 0.5) is 15.8 Å². The van der Waals surface area contributed by atoms with Crippen LogP contribution in [0, 0.1) is 5.82 Å². The Bertz CT molecular complexity index is 438. The number of likely N-dealkylation sites (N-methyl/N-ethyl adjacent to an activating group) is 1. The van der Waals surface area contributed by atoms with Gasteiger partial charge in [0.15, 0.2) is 0 Å². The maximum absolute atomic E-state index is 12.8. The lowest BCUT2D eigenvalue weighted by Crippen LogP contribution is -2.30. The molecule has 1 aromatic rings. The molecule has 1 amide bonds. The number of rotatable bonds is 6. The zero-order valence-corrected chi connectivity index (χ0v) is 11.2. The van der Waals surface area contributed by atoms with Crippen LogP contribution >= 0.6 is 0 Å². The predicted molar refractivity (Wildman–Crippen MR) is 73.2 cm³/mol. The van der Waals surface area contributed by atoms with Crippen LogP contribution in [0.25, 0.3) is 0 Å². The summed E-state index contributed by atoms with van der Waals surface area (Å²) in [5.41, 5.74) is 6.20. The van der Waals surface area contributed by atoms with Crippen molar-refractivity contribution < 1.29 is 14.3 Å². The molecule has 5 nitrogen and oxygen atoms in total. The van der Waals surface area contributed by atoms with Crippen molar-refractivity contribution in [2.75, 3.05) is 31.2 Å². The van der Waals surface area contributed by atoms with Gasteiger partial charge < -0.3 is 21.1 Å². The van der Waals surface area contributed by atoms with Gasteiger partial charge in [-0.15, -0.1) is 0 Å². The first-order valence-electron chi connectivity index (χ1n) is 6.10. The fourth-order valence-corrected chi connectivity index (χ4v) is 1.69. The van der Waals surface area contributed by atoms with Crippen LogP contribution in [0.15, 0.2) is 18.2 Å². The van der Waals surface area contributed by atoms with Gasteiger partial charge in [0.25, 0.3) is 0 Å². The third-order valence-electron chi connectivity index (χ3n) is 2.58. The van der Waals surface area contributed by atoms with Gasteiger partial charge in [0.05, 0.1) is 17.5 Å². The highest BCUT2D eigenvalue weighted by Crippen LogP contribution is 2.19. The standard InChI is InChI=1S/C13H20FN3O2/c1-9(18)8-17(2)6-5-13(19)16-12-4-3-10(14)7-11(12)15/h3-4,7,9,18H,5-6,8,15H2,1-2H3,(H,16,19). The molecule has 0 aliphatic carbocycles. The summed E-state index contributed by atoms with van der Waals surface area (Å²) in [6.07, 6.45) is -0.152. The monoisotopic (exact) mass is 269 g/mol. The number of amides is 1. The number of carbonyl (C=O) groups excluding carboxylic acids is 1. The van der Waals surface area contributed by atoms with E-state index in [9.17, 15) is 14.3 Å². The molecule has 0 spiro atoms. The number of halogens is 1. The number of nitrogens with one attached hydrogen (secondary N) is 1. The molecule has 0 aliphatic rings. The average molecular weight is 269 g/mol. The molecule has 0 radical (unpaired) electrons. The highest BCUT2D eigenvalue weighted by atomic mass is 19.1. The second-order valence-corrected chi connectivity index (χ2v) is 4.64. The van der Waals surface area contributed by atoms with Crippen molar-refractivity contribution >= 4 is 17.3 Å². The van der Waals surface area contributed by atoms with Crippen molar-refractivity contribution in [1.29, 1.82) is 0 Å². The number of aliphatic hydroxyl groups is 1. The van der Waals surface area contributed by atoms with Crippen molar-refractivity contribution in [2.45, 2.75) is 19.4 Å². The van der Waals surface area contributed by atoms with Crippen molar-refractivity contribution in [2.24, 2.45) is 0 Å². The molecule has 0 aromatic heterocycles. The number of aliphatic hydroxyl groups excluding tert-OH is 1. The van der Waals surface area contributed by atoms with E-state index in [1.54, 1.807) is 6.92 Å². The van der Waals surface area contributed by atoms with E-state index in [1.807, 2.05) is 11.9 Å². The fraction of sp³-hybridized carbons (Fsp3) is 0.462. The van der Waals surface area contributed by atoms with Crippen LogP contribution in [-0.4, -0.2) is 42.2 Å². The Morgan fingerprint density at radius 3 is 2.84 bits per heavy atom. The van der Waals surface area contributed by atoms with E-state index in [-0.39, 0.29) is 18.0 Å². The molecule has 0 fully saturated rings. The first kappa shape index (κ1) is 15.4. The number of anilines is 2. The Kier molecular flexibility index (Phi) is 5.72. The van der Waals surface area contributed by atoms with Gasteiger partial charge in [0, 0.05) is 19.5 Å². The SMILES string of the molecule is CC(O)CN(C)CCC(=O)Nc1ccc(F)cc1N. The number of carbonyl (C=O) groups is 1. The molecule has 0 aliphatic heterocycles. The Hall–Kier alpha value is -1.66. The van der Waals surface area contributed by atoms with Gasteiger partial charge in [0.2, 0.25) is 5.91 Å². The molecule has 1 rings (SSSR count). The summed E-state index contributed by atoms with van der Waals surface area (Å²) in [5.74, 6) is -0.636. The van der Waals surface area contributed by atoms with Gasteiger partial charge in [-0.2, -0.15) is 0 Å². The average Bonchev–Trinajstić information content (AvgIpc) is 2.29. The third kappa shape index (κ3) is 5.67. The van der Waals surface area contributed by atoms with Crippen LogP contribution in [0.3, 0.4) is 0 Å². The van der Waals surface area contributed by atoms with Crippen molar-refractivity contribution in [3.05, 3.63) is 24.0 Å². The molecule has 19 heavy (non-hydrogen) atoms. The first-order chi connectivity index (χ1) is 8.88. The minimum absolute atomic E-state index is 0.198. The van der Waals surface area contributed by atoms with Gasteiger partial charge in [-0.25, -0.2) is 4.39 Å². The maximum atomic E-state index is 12.8. The minimum atomic E-state index is -0.438. The molecular formula is C13H20FN3O2. The van der Waals surface area contributed by atoms with Gasteiger partial charge >= 0.3 is 0 Å². The lowest BCUT2D eigenvalue weighted by Gasteiger charge is -2.18. The highest BCUT2D eigenvalue weighted by molar-refractivity contribution is 5.93. The molecule has 4 N–H and O–H groups in total. The van der Waals surface area contributed by atoms with Crippen molar-refractivity contribution in [3.63, 3.8) is 0 Å². The van der Waals surface area contributed by atoms with E-state index in [2.05, 4.69) is 5.32 Å². The van der Waals surface area contributed by atoms with E-state index in [1.165, 1.54) is 12.1 Å². The van der Waals surface area contributed by atoms with Crippen LogP contribution in [0.2, 0.25) is 0 Å². The number of nitrogens with two attached hydrogens (primary N) is 1. The lowest BCUT2D eigenvalue weighted by atomic mass is 10.2. The summed E-state index contributed by atoms with van der Waals surface area (Å²) in [5, 5.41) is 11.8. The van der Waals surface area contributed by atoms with E-state index in [0.717, 1.165) is 6.07 Å². The second kappa shape index (κ2) is 7.06. The van der Waals surface area contributed by atoms with Gasteiger partial charge in [-0.1, -0.05) is 0 Å². The Labute approximate surface area is 112 Å². The second-order valence-electron chi connectivity index (χ2n) is 4.64. The number of hydrogen-bond acceptors (Lipinski definition) is 4. The number of benzene rings is 1. The van der Waals surface area contributed by atoms with Crippen molar-refractivity contribution in [3.8, 4) is 0 Å². The van der Waals surface area contributed by atoms with Crippen LogP contribution in [0.5, 0.6) is 0 Å². The lowest BCUT2D eigenvalue weighted by molar-refractivity contribution is -0.116. The maximum Gasteiger partial charge on any atom is 0.225 e. The van der Waals surface area contributed by atoms with Crippen LogP contribution in [0.1, 0.15) is 13.3 Å². The van der Waals surface area contributed by atoms with E-state index >= 15 is 0 Å². The summed E-state index contributed by atoms with van der Waals surface area (Å²) < 4.78 is 12.8. The first-order valence-corrected chi connectivity index (χ1v) is 6.10. The summed E-state index contributed by atoms with van der Waals surface area (Å²) >= 11 is 0. The van der Waals surface area contributed by atoms with Gasteiger partial charge in [0.1, 0.15) is 5.82 Å². The number of hydrogen-bond donors (Lipinski definition) is 3. The molecule has 1 unspecified atom stereocenters. The molecule has 1 aromatic carbocycles. The number of nitrogens with zero attached hydrogens (tertiary/aromatic N) is 1. The fourth-order valence-electron chi connectivity index (χ4n) is 1.69. The number of nitrogen functional groups attached to an aromatic ring is 1. The largest absolute Gasteiger partial charge is 0.397 e. The van der Waals surface area contributed by atoms with E-state index < -0.39 is 11.9 Å². The molecule has 0 heterocycles. The summed E-state index contributed by atoms with van der Waals surface area (Å²) in [7, 11) is 1.83. The molecule has 0 saturated heterocycles. The topological polar surface area (TPSA) is 78.6 Å². The predicted octanol–water partition coefficient (Wildman–Crippen LogP) is 1.05. The molecular weight excluding hydrogens is 249 g/mol. The Balaban J connectivity index is 2.43. The smallest absolute Gasteiger partial charge is 0.225 e. The zero-order valence-electron chi connectivity index (χ0n) is 11.2. The Morgan fingerprint density at radius 1 is 1.58 bits per heavy atom. The molecule has 6 heteroatoms. The molecule has 106 valence electrons. The zero-order chi connectivity index (χ0) is 14.4. The Morgan fingerprint density at radius 2 is 2.26 bits per heavy atom. The molecule has 0 bridgehead atoms. The summed E-state index contributed by atoms with van der Waals surface area (Å²) in [6.45, 7) is 2.72. The molecule has 1 atom stereocenters. The quantitative estimate of drug-likeness (QED) is 0.674. The van der Waals surface area contributed by atoms with E-state index in [4.69, 9.17) is 5.73 Å². The minimum Gasteiger partial charge on any atom is -0.397 e. The van der Waals surface area contributed by atoms with Gasteiger partial charge in [-0.3, -0.25) is 4.79 Å². The summed E-state index contributed by atoms with van der Waals surface area (Å²) in [4.78, 5) is 13.5.